The van der Waals surface area contributed by atoms with Crippen molar-refractivity contribution in [3.05, 3.63) is 106 Å². The van der Waals surface area contributed by atoms with Gasteiger partial charge in [0.25, 0.3) is 5.91 Å². The number of nitrogens with two attached hydrogens (primary N) is 1. The summed E-state index contributed by atoms with van der Waals surface area (Å²) in [5, 5.41) is 8.91. The molecule has 0 spiro atoms. The van der Waals surface area contributed by atoms with Crippen LogP contribution < -0.4 is 40.8 Å². The Morgan fingerprint density at radius 2 is 1.52 bits per heavy atom. The maximum atomic E-state index is 16.2. The highest BCUT2D eigenvalue weighted by molar-refractivity contribution is 6.34. The summed E-state index contributed by atoms with van der Waals surface area (Å²) in [6, 6.07) is 18.1. The fourth-order valence-corrected chi connectivity index (χ4v) is 12.2. The lowest BCUT2D eigenvalue weighted by molar-refractivity contribution is -0.126. The second-order valence-corrected chi connectivity index (χ2v) is 20.5. The molecule has 3 saturated heterocycles. The number of methoxy groups -OCH3 is 2. The fourth-order valence-electron chi connectivity index (χ4n) is 11.9. The van der Waals surface area contributed by atoms with E-state index >= 15 is 8.78 Å². The number of imide groups is 1. The predicted octanol–water partition coefficient (Wildman–Crippen LogP) is 7.77. The van der Waals surface area contributed by atoms with E-state index < -0.39 is 35.1 Å². The topological polar surface area (TPSA) is 185 Å². The van der Waals surface area contributed by atoms with Crippen LogP contribution >= 0.6 is 11.6 Å². The number of hydrogen-bond acceptors (Lipinski definition) is 10. The summed E-state index contributed by atoms with van der Waals surface area (Å²) in [5.74, 6) is -2.00. The number of rotatable bonds is 15. The number of hydrogen-bond donors (Lipinski definition) is 4. The molecule has 5 aliphatic rings. The summed E-state index contributed by atoms with van der Waals surface area (Å²) in [5.41, 5.74) is 6.42. The summed E-state index contributed by atoms with van der Waals surface area (Å²) >= 11 is 6.69. The molecule has 4 aromatic rings. The predicted molar refractivity (Wildman–Crippen MR) is 272 cm³/mol. The van der Waals surface area contributed by atoms with E-state index in [2.05, 4.69) is 20.9 Å². The Labute approximate surface area is 429 Å². The highest BCUT2D eigenvalue weighted by Crippen LogP contribution is 2.56. The van der Waals surface area contributed by atoms with E-state index in [1.54, 1.807) is 18.2 Å². The number of anilines is 1. The minimum atomic E-state index is -1.08. The molecule has 1 saturated carbocycles. The van der Waals surface area contributed by atoms with Gasteiger partial charge in [-0.3, -0.25) is 29.4 Å². The minimum absolute atomic E-state index is 0.0112. The van der Waals surface area contributed by atoms with E-state index in [0.29, 0.717) is 73.4 Å². The van der Waals surface area contributed by atoms with Gasteiger partial charge in [0.2, 0.25) is 17.7 Å². The van der Waals surface area contributed by atoms with Crippen LogP contribution in [0, 0.1) is 29.4 Å². The van der Waals surface area contributed by atoms with Gasteiger partial charge < -0.3 is 40.4 Å². The third-order valence-electron chi connectivity index (χ3n) is 16.1. The van der Waals surface area contributed by atoms with Gasteiger partial charge in [-0.1, -0.05) is 48.9 Å². The number of primary amides is 1. The molecule has 15 nitrogen and oxygen atoms in total. The first-order valence-corrected chi connectivity index (χ1v) is 25.8. The van der Waals surface area contributed by atoms with Crippen LogP contribution in [0.15, 0.2) is 66.7 Å². The standard InChI is InChI=1S/C55H64ClF2N7O8/c1-32-46-44(30-40(57)49(56)48(46)47-39(51(59)67)14-16-43(72-3)50(47)58)73-55(32,37-7-5-4-6-8-37)31-61-38-12-9-35(10-13-38)52(68)60-22-28-63-23-17-33(18-24-63)34-19-25-64(26-20-34)53(69)36-11-15-42(71-2)41(29-36)65-27-21-45(66)62-54(65)70/h4-8,11,14-16,29-30,32-35,38,61H,9-10,12-13,17-28,31H2,1-3H3,(H2,59,67)(H,60,68)(H,62,66,70)/t32-,35?,38?,55-/m0/s1. The number of likely N-dealkylation sites (tertiary alicyclic amines) is 2. The van der Waals surface area contributed by atoms with Crippen LogP contribution in [0.25, 0.3) is 11.1 Å². The quantitative estimate of drug-likeness (QED) is 0.0918. The maximum Gasteiger partial charge on any atom is 0.328 e. The van der Waals surface area contributed by atoms with Crippen LogP contribution in [0.2, 0.25) is 5.02 Å². The number of piperidine rings is 2. The molecule has 388 valence electrons. The van der Waals surface area contributed by atoms with Crippen molar-refractivity contribution in [3.63, 3.8) is 0 Å². The number of amides is 6. The number of urea groups is 1. The molecule has 0 bridgehead atoms. The Morgan fingerprint density at radius 1 is 0.849 bits per heavy atom. The molecule has 4 fully saturated rings. The summed E-state index contributed by atoms with van der Waals surface area (Å²) in [6.07, 6.45) is 7.15. The van der Waals surface area contributed by atoms with Crippen LogP contribution in [0.3, 0.4) is 0 Å². The first kappa shape index (κ1) is 51.6. The zero-order valence-corrected chi connectivity index (χ0v) is 42.3. The molecule has 4 aliphatic heterocycles. The molecule has 1 aliphatic carbocycles. The van der Waals surface area contributed by atoms with Crippen molar-refractivity contribution >= 4 is 46.9 Å². The molecule has 2 atom stereocenters. The molecular formula is C55H64ClF2N7O8. The van der Waals surface area contributed by atoms with Gasteiger partial charge in [0.05, 0.1) is 30.5 Å². The molecule has 73 heavy (non-hydrogen) atoms. The molecule has 6 amide bonds. The Balaban J connectivity index is 0.738. The van der Waals surface area contributed by atoms with E-state index in [0.717, 1.165) is 63.7 Å². The minimum Gasteiger partial charge on any atom is -0.495 e. The third kappa shape index (κ3) is 10.5. The fraction of sp³-hybridized carbons (Fsp3) is 0.473. The molecule has 4 aromatic carbocycles. The smallest absolute Gasteiger partial charge is 0.328 e. The average molecular weight is 1020 g/mol. The number of benzene rings is 4. The van der Waals surface area contributed by atoms with Gasteiger partial charge in [-0.2, -0.15) is 0 Å². The van der Waals surface area contributed by atoms with E-state index in [-0.39, 0.29) is 75.9 Å². The summed E-state index contributed by atoms with van der Waals surface area (Å²) in [7, 11) is 2.80. The molecule has 5 N–H and O–H groups in total. The zero-order chi connectivity index (χ0) is 51.6. The zero-order valence-electron chi connectivity index (χ0n) is 41.6. The highest BCUT2D eigenvalue weighted by atomic mass is 35.5. The van der Waals surface area contributed by atoms with Gasteiger partial charge in [-0.25, -0.2) is 13.6 Å². The highest BCUT2D eigenvalue weighted by Gasteiger charge is 2.50. The Kier molecular flexibility index (Phi) is 15.6. The molecule has 9 rings (SSSR count). The number of nitrogens with one attached hydrogen (secondary N) is 3. The van der Waals surface area contributed by atoms with E-state index in [4.69, 9.17) is 31.5 Å². The molecule has 0 unspecified atom stereocenters. The van der Waals surface area contributed by atoms with Crippen molar-refractivity contribution in [2.75, 3.05) is 71.5 Å². The third-order valence-corrected chi connectivity index (χ3v) is 16.5. The van der Waals surface area contributed by atoms with Crippen LogP contribution in [-0.4, -0.2) is 112 Å². The van der Waals surface area contributed by atoms with Crippen molar-refractivity contribution in [2.45, 2.75) is 82.3 Å². The second kappa shape index (κ2) is 22.0. The molecule has 0 aromatic heterocycles. The largest absolute Gasteiger partial charge is 0.495 e. The SMILES string of the molecule is COc1ccc(C(=O)N2CCC(C3CCN(CCNC(=O)C4CCC(NC[C@]5(c6ccccc6)Oc6cc(F)c(Cl)c(-c7c(C(N)=O)ccc(OC)c7F)c6[C@@H]5C)CC4)CC3)CC2)cc1N1CCC(=O)NC1=O. The van der Waals surface area contributed by atoms with Crippen molar-refractivity contribution < 1.29 is 47.0 Å². The molecular weight excluding hydrogens is 960 g/mol. The Hall–Kier alpha value is -6.30. The van der Waals surface area contributed by atoms with Crippen LogP contribution in [0.1, 0.15) is 102 Å². The first-order chi connectivity index (χ1) is 35.2. The molecule has 18 heteroatoms. The van der Waals surface area contributed by atoms with Crippen LogP contribution in [0.4, 0.5) is 19.3 Å². The van der Waals surface area contributed by atoms with Gasteiger partial charge in [0.1, 0.15) is 17.3 Å². The monoisotopic (exact) mass is 1020 g/mol. The van der Waals surface area contributed by atoms with Gasteiger partial charge in [0, 0.05) is 91.9 Å². The van der Waals surface area contributed by atoms with E-state index in [9.17, 15) is 24.0 Å². The number of halogens is 3. The van der Waals surface area contributed by atoms with Gasteiger partial charge in [0.15, 0.2) is 17.2 Å². The van der Waals surface area contributed by atoms with Crippen molar-refractivity contribution in [1.82, 2.24) is 25.8 Å². The number of nitrogens with zero attached hydrogens (tertiary/aromatic N) is 3. The van der Waals surface area contributed by atoms with Crippen molar-refractivity contribution in [1.29, 1.82) is 0 Å². The van der Waals surface area contributed by atoms with Crippen LogP contribution in [-0.2, 0) is 15.2 Å². The summed E-state index contributed by atoms with van der Waals surface area (Å²) in [4.78, 5) is 69.9. The summed E-state index contributed by atoms with van der Waals surface area (Å²) in [6.45, 7) is 7.08. The lowest BCUT2D eigenvalue weighted by Gasteiger charge is -2.40. The lowest BCUT2D eigenvalue weighted by atomic mass is 9.77. The number of carbonyl (C=O) groups excluding carboxylic acids is 5. The van der Waals surface area contributed by atoms with Crippen molar-refractivity contribution in [3.8, 4) is 28.4 Å². The normalized spacial score (nSPS) is 22.8. The number of ether oxygens (including phenoxy) is 3. The lowest BCUT2D eigenvalue weighted by Crippen LogP contribution is -2.49. The van der Waals surface area contributed by atoms with Crippen molar-refractivity contribution in [2.24, 2.45) is 23.5 Å². The second-order valence-electron chi connectivity index (χ2n) is 20.1. The van der Waals surface area contributed by atoms with Crippen LogP contribution in [0.5, 0.6) is 17.2 Å². The Morgan fingerprint density at radius 3 is 2.18 bits per heavy atom. The molecule has 4 heterocycles. The van der Waals surface area contributed by atoms with Gasteiger partial charge in [-0.05, 0) is 112 Å². The van der Waals surface area contributed by atoms with Gasteiger partial charge >= 0.3 is 6.03 Å². The average Bonchev–Trinajstić information content (AvgIpc) is 3.69. The van der Waals surface area contributed by atoms with E-state index in [1.165, 1.54) is 37.3 Å². The summed E-state index contributed by atoms with van der Waals surface area (Å²) < 4.78 is 49.5. The Bertz CT molecular complexity index is 2740. The number of fused-ring (bicyclic) bond motifs is 1. The first-order valence-electron chi connectivity index (χ1n) is 25.5. The number of carbonyl (C=O) groups is 5. The van der Waals surface area contributed by atoms with Gasteiger partial charge in [-0.15, -0.1) is 0 Å². The maximum absolute atomic E-state index is 16.2. The molecule has 0 radical (unpaired) electrons. The van der Waals surface area contributed by atoms with E-state index in [1.807, 2.05) is 42.2 Å².